The van der Waals surface area contributed by atoms with Crippen molar-refractivity contribution in [3.05, 3.63) is 60.0 Å². The highest BCUT2D eigenvalue weighted by molar-refractivity contribution is 6.03. The molecule has 1 aromatic heterocycles. The Morgan fingerprint density at radius 2 is 1.93 bits per heavy atom. The topological polar surface area (TPSA) is 95.7 Å². The quantitative estimate of drug-likeness (QED) is 0.739. The van der Waals surface area contributed by atoms with Crippen LogP contribution >= 0.6 is 0 Å². The van der Waals surface area contributed by atoms with Crippen molar-refractivity contribution in [2.75, 3.05) is 18.5 Å². The van der Waals surface area contributed by atoms with Gasteiger partial charge in [0, 0.05) is 5.56 Å². The molecule has 138 valence electrons. The summed E-state index contributed by atoms with van der Waals surface area (Å²) < 4.78 is 22.3. The fraction of sp³-hybridized carbons (Fsp3) is 0.211. The van der Waals surface area contributed by atoms with Crippen molar-refractivity contribution < 1.29 is 23.4 Å². The first kappa shape index (κ1) is 16.9. The minimum absolute atomic E-state index is 0.00802. The van der Waals surface area contributed by atoms with E-state index in [1.54, 1.807) is 30.3 Å². The van der Waals surface area contributed by atoms with E-state index in [0.29, 0.717) is 29.4 Å². The lowest BCUT2D eigenvalue weighted by Gasteiger charge is -2.23. The number of fused-ring (bicyclic) bond motifs is 1. The third-order valence-electron chi connectivity index (χ3n) is 3.87. The number of para-hydroxylation sites is 2. The smallest absolute Gasteiger partial charge is 0.322 e. The molecule has 0 fully saturated rings. The molecule has 1 aliphatic heterocycles. The summed E-state index contributed by atoms with van der Waals surface area (Å²) in [7, 11) is 0. The molecular formula is C19H17N3O5. The Balaban J connectivity index is 1.41. The van der Waals surface area contributed by atoms with Gasteiger partial charge in [-0.3, -0.25) is 10.1 Å². The summed E-state index contributed by atoms with van der Waals surface area (Å²) in [4.78, 5) is 12.3. The molecular weight excluding hydrogens is 350 g/mol. The van der Waals surface area contributed by atoms with E-state index >= 15 is 0 Å². The van der Waals surface area contributed by atoms with Crippen LogP contribution in [0.1, 0.15) is 29.3 Å². The zero-order valence-electron chi connectivity index (χ0n) is 14.5. The normalized spacial score (nSPS) is 15.2. The lowest BCUT2D eigenvalue weighted by Crippen LogP contribution is -2.21. The molecule has 1 N–H and O–H groups in total. The number of nitrogens with one attached hydrogen (secondary N) is 1. The lowest BCUT2D eigenvalue weighted by atomic mass is 10.2. The molecule has 2 aromatic carbocycles. The Morgan fingerprint density at radius 1 is 1.15 bits per heavy atom. The van der Waals surface area contributed by atoms with Crippen LogP contribution in [0.3, 0.4) is 0 Å². The highest BCUT2D eigenvalue weighted by Gasteiger charge is 2.27. The molecule has 8 nitrogen and oxygen atoms in total. The van der Waals surface area contributed by atoms with Crippen molar-refractivity contribution in [3.63, 3.8) is 0 Å². The monoisotopic (exact) mass is 367 g/mol. The average molecular weight is 367 g/mol. The van der Waals surface area contributed by atoms with Crippen LogP contribution in [0.5, 0.6) is 17.2 Å². The number of amides is 1. The van der Waals surface area contributed by atoms with Gasteiger partial charge >= 0.3 is 6.01 Å². The number of hydrogen-bond donors (Lipinski definition) is 1. The van der Waals surface area contributed by atoms with Gasteiger partial charge in [0.2, 0.25) is 6.10 Å². The van der Waals surface area contributed by atoms with E-state index in [1.165, 1.54) is 0 Å². The fourth-order valence-corrected chi connectivity index (χ4v) is 2.59. The van der Waals surface area contributed by atoms with Gasteiger partial charge in [-0.25, -0.2) is 0 Å². The third-order valence-corrected chi connectivity index (χ3v) is 3.87. The van der Waals surface area contributed by atoms with Gasteiger partial charge in [-0.2, -0.15) is 0 Å². The van der Waals surface area contributed by atoms with Gasteiger partial charge in [0.05, 0.1) is 6.61 Å². The number of benzene rings is 2. The summed E-state index contributed by atoms with van der Waals surface area (Å²) in [6.45, 7) is 2.70. The van der Waals surface area contributed by atoms with Crippen LogP contribution in [0, 0.1) is 0 Å². The second-order valence-corrected chi connectivity index (χ2v) is 5.72. The zero-order valence-corrected chi connectivity index (χ0v) is 14.5. The summed E-state index contributed by atoms with van der Waals surface area (Å²) in [6.07, 6.45) is -0.538. The van der Waals surface area contributed by atoms with Crippen LogP contribution in [0.25, 0.3) is 0 Å². The van der Waals surface area contributed by atoms with Gasteiger partial charge in [-0.05, 0) is 43.3 Å². The molecule has 3 aromatic rings. The van der Waals surface area contributed by atoms with Crippen molar-refractivity contribution in [1.29, 1.82) is 0 Å². The molecule has 2 heterocycles. The van der Waals surface area contributed by atoms with Crippen LogP contribution in [0.2, 0.25) is 0 Å². The van der Waals surface area contributed by atoms with E-state index in [1.807, 2.05) is 25.1 Å². The molecule has 1 amide bonds. The lowest BCUT2D eigenvalue weighted by molar-refractivity contribution is 0.0716. The number of rotatable bonds is 5. The highest BCUT2D eigenvalue weighted by Crippen LogP contribution is 2.35. The maximum Gasteiger partial charge on any atom is 0.322 e. The largest absolute Gasteiger partial charge is 0.494 e. The van der Waals surface area contributed by atoms with E-state index in [2.05, 4.69) is 15.5 Å². The Kier molecular flexibility index (Phi) is 4.61. The second-order valence-electron chi connectivity index (χ2n) is 5.72. The van der Waals surface area contributed by atoms with Crippen LogP contribution in [0.15, 0.2) is 52.9 Å². The SMILES string of the molecule is CCOc1ccc(C(=O)Nc2nnc([C@@H]3COc4ccccc4O3)o2)cc1. The van der Waals surface area contributed by atoms with Crippen LogP contribution < -0.4 is 19.5 Å². The molecule has 0 spiro atoms. The van der Waals surface area contributed by atoms with Gasteiger partial charge in [0.25, 0.3) is 11.8 Å². The minimum atomic E-state index is -0.538. The van der Waals surface area contributed by atoms with Crippen LogP contribution in [-0.2, 0) is 0 Å². The maximum absolute atomic E-state index is 12.3. The van der Waals surface area contributed by atoms with Gasteiger partial charge in [0.1, 0.15) is 12.4 Å². The van der Waals surface area contributed by atoms with Gasteiger partial charge in [-0.15, -0.1) is 5.10 Å². The van der Waals surface area contributed by atoms with Gasteiger partial charge < -0.3 is 18.6 Å². The summed E-state index contributed by atoms with van der Waals surface area (Å²) in [5, 5.41) is 10.4. The highest BCUT2D eigenvalue weighted by atomic mass is 16.6. The Labute approximate surface area is 155 Å². The van der Waals surface area contributed by atoms with Crippen molar-refractivity contribution >= 4 is 11.9 Å². The third kappa shape index (κ3) is 3.69. The Hall–Kier alpha value is -3.55. The van der Waals surface area contributed by atoms with E-state index in [9.17, 15) is 4.79 Å². The number of aromatic nitrogens is 2. The predicted molar refractivity (Wildman–Crippen MR) is 95.2 cm³/mol. The summed E-state index contributed by atoms with van der Waals surface area (Å²) in [5.41, 5.74) is 0.449. The molecule has 1 aliphatic rings. The maximum atomic E-state index is 12.3. The zero-order chi connectivity index (χ0) is 18.6. The second kappa shape index (κ2) is 7.36. The number of carbonyl (C=O) groups is 1. The summed E-state index contributed by atoms with van der Waals surface area (Å²) >= 11 is 0. The Morgan fingerprint density at radius 3 is 2.70 bits per heavy atom. The molecule has 4 rings (SSSR count). The van der Waals surface area contributed by atoms with Crippen molar-refractivity contribution in [2.24, 2.45) is 0 Å². The molecule has 0 aliphatic carbocycles. The number of anilines is 1. The van der Waals surface area contributed by atoms with Gasteiger partial charge in [-0.1, -0.05) is 17.2 Å². The van der Waals surface area contributed by atoms with Crippen molar-refractivity contribution in [1.82, 2.24) is 10.2 Å². The number of carbonyl (C=O) groups excluding carboxylic acids is 1. The summed E-state index contributed by atoms with van der Waals surface area (Å²) in [5.74, 6) is 1.83. The molecule has 0 saturated carbocycles. The van der Waals surface area contributed by atoms with E-state index in [-0.39, 0.29) is 24.4 Å². The molecule has 0 saturated heterocycles. The average Bonchev–Trinajstić information content (AvgIpc) is 3.17. The van der Waals surface area contributed by atoms with Crippen molar-refractivity contribution in [2.45, 2.75) is 13.0 Å². The molecule has 1 atom stereocenters. The summed E-state index contributed by atoms with van der Waals surface area (Å²) in [6, 6.07) is 14.1. The fourth-order valence-electron chi connectivity index (χ4n) is 2.59. The molecule has 0 unspecified atom stereocenters. The van der Waals surface area contributed by atoms with E-state index < -0.39 is 6.10 Å². The van der Waals surface area contributed by atoms with Crippen LogP contribution in [0.4, 0.5) is 6.01 Å². The Bertz CT molecular complexity index is 939. The van der Waals surface area contributed by atoms with E-state index in [0.717, 1.165) is 0 Å². The number of nitrogens with zero attached hydrogens (tertiary/aromatic N) is 2. The van der Waals surface area contributed by atoms with E-state index in [4.69, 9.17) is 18.6 Å². The number of ether oxygens (including phenoxy) is 3. The van der Waals surface area contributed by atoms with Crippen molar-refractivity contribution in [3.8, 4) is 17.2 Å². The molecule has 0 radical (unpaired) electrons. The number of hydrogen-bond acceptors (Lipinski definition) is 7. The minimum Gasteiger partial charge on any atom is -0.494 e. The first-order valence-electron chi connectivity index (χ1n) is 8.49. The molecule has 27 heavy (non-hydrogen) atoms. The first-order valence-corrected chi connectivity index (χ1v) is 8.49. The molecule has 8 heteroatoms. The predicted octanol–water partition coefficient (Wildman–Crippen LogP) is 3.23. The first-order chi connectivity index (χ1) is 13.2. The molecule has 0 bridgehead atoms. The van der Waals surface area contributed by atoms with Gasteiger partial charge in [0.15, 0.2) is 11.5 Å². The van der Waals surface area contributed by atoms with Crippen LogP contribution in [-0.4, -0.2) is 29.3 Å². The standard InChI is InChI=1S/C19H17N3O5/c1-2-24-13-9-7-12(8-10-13)17(23)20-19-22-21-18(27-19)16-11-25-14-5-3-4-6-15(14)26-16/h3-10,16H,2,11H2,1H3,(H,20,22,23)/t16-/m0/s1.